The maximum atomic E-state index is 12.1. The smallest absolute Gasteiger partial charge is 0.315 e. The van der Waals surface area contributed by atoms with Gasteiger partial charge in [0.05, 0.1) is 0 Å². The van der Waals surface area contributed by atoms with E-state index in [1.54, 1.807) is 6.07 Å². The van der Waals surface area contributed by atoms with Crippen molar-refractivity contribution in [1.82, 2.24) is 5.32 Å². The van der Waals surface area contributed by atoms with Crippen LogP contribution in [0.1, 0.15) is 23.2 Å². The third-order valence-corrected chi connectivity index (χ3v) is 2.50. The van der Waals surface area contributed by atoms with E-state index in [0.717, 1.165) is 12.8 Å². The highest BCUT2D eigenvalue weighted by Crippen LogP contribution is 2.20. The molecule has 1 fully saturated rings. The highest BCUT2D eigenvalue weighted by molar-refractivity contribution is 5.98. The van der Waals surface area contributed by atoms with Crippen LogP contribution in [-0.4, -0.2) is 24.3 Å². The Morgan fingerprint density at radius 2 is 2.00 bits per heavy atom. The fourth-order valence-electron chi connectivity index (χ4n) is 1.43. The Bertz CT molecular complexity index is 473. The molecule has 0 spiro atoms. The van der Waals surface area contributed by atoms with E-state index in [-0.39, 0.29) is 17.6 Å². The van der Waals surface area contributed by atoms with Crippen molar-refractivity contribution in [2.75, 3.05) is 5.32 Å². The molecule has 1 aliphatic rings. The molecule has 0 radical (unpaired) electrons. The van der Waals surface area contributed by atoms with E-state index in [9.17, 15) is 18.4 Å². The van der Waals surface area contributed by atoms with Gasteiger partial charge in [-0.1, -0.05) is 6.07 Å². The standard InChI is InChI=1S/C12H12F2N2O2/c13-10(14)12(18)16-9-3-1-2-7(6-9)11(17)15-8-4-5-8/h1-3,6,8,10H,4-5H2,(H,15,17)(H,16,18). The van der Waals surface area contributed by atoms with Crippen molar-refractivity contribution in [3.8, 4) is 0 Å². The molecule has 1 aromatic carbocycles. The molecule has 1 saturated carbocycles. The number of anilines is 1. The van der Waals surface area contributed by atoms with E-state index in [1.165, 1.54) is 18.2 Å². The van der Waals surface area contributed by atoms with E-state index >= 15 is 0 Å². The molecule has 4 nitrogen and oxygen atoms in total. The maximum absolute atomic E-state index is 12.1. The van der Waals surface area contributed by atoms with Crippen molar-refractivity contribution >= 4 is 17.5 Å². The number of alkyl halides is 2. The first-order valence-electron chi connectivity index (χ1n) is 5.56. The third-order valence-electron chi connectivity index (χ3n) is 2.50. The molecule has 2 N–H and O–H groups in total. The Morgan fingerprint density at radius 3 is 2.61 bits per heavy atom. The molecular weight excluding hydrogens is 242 g/mol. The van der Waals surface area contributed by atoms with Gasteiger partial charge in [0.25, 0.3) is 11.8 Å². The lowest BCUT2D eigenvalue weighted by molar-refractivity contribution is -0.126. The topological polar surface area (TPSA) is 58.2 Å². The lowest BCUT2D eigenvalue weighted by Crippen LogP contribution is -2.25. The molecule has 0 saturated heterocycles. The minimum absolute atomic E-state index is 0.184. The first-order chi connectivity index (χ1) is 8.56. The summed E-state index contributed by atoms with van der Waals surface area (Å²) in [4.78, 5) is 22.5. The summed E-state index contributed by atoms with van der Waals surface area (Å²) in [5, 5.41) is 4.81. The Kier molecular flexibility index (Phi) is 3.55. The normalized spacial score (nSPS) is 14.4. The number of halogens is 2. The Labute approximate surface area is 102 Å². The second kappa shape index (κ2) is 5.12. The molecule has 2 rings (SSSR count). The van der Waals surface area contributed by atoms with Crippen LogP contribution in [0.5, 0.6) is 0 Å². The molecule has 2 amide bonds. The largest absolute Gasteiger partial charge is 0.349 e. The van der Waals surface area contributed by atoms with Crippen LogP contribution >= 0.6 is 0 Å². The summed E-state index contributed by atoms with van der Waals surface area (Å²) in [5.74, 6) is -1.64. The Morgan fingerprint density at radius 1 is 1.28 bits per heavy atom. The van der Waals surface area contributed by atoms with Crippen LogP contribution in [0, 0.1) is 0 Å². The Balaban J connectivity index is 2.04. The summed E-state index contributed by atoms with van der Waals surface area (Å²) < 4.78 is 24.1. The first kappa shape index (κ1) is 12.5. The minimum atomic E-state index is -3.08. The van der Waals surface area contributed by atoms with E-state index in [2.05, 4.69) is 5.32 Å². The van der Waals surface area contributed by atoms with E-state index in [4.69, 9.17) is 0 Å². The molecule has 1 aliphatic carbocycles. The van der Waals surface area contributed by atoms with Crippen LogP contribution in [0.15, 0.2) is 24.3 Å². The molecule has 0 bridgehead atoms. The SMILES string of the molecule is O=C(NC1CC1)c1cccc(NC(=O)C(F)F)c1. The number of carbonyl (C=O) groups excluding carboxylic acids is 2. The van der Waals surface area contributed by atoms with Gasteiger partial charge in [-0.15, -0.1) is 0 Å². The number of carbonyl (C=O) groups is 2. The van der Waals surface area contributed by atoms with E-state index < -0.39 is 12.3 Å². The quantitative estimate of drug-likeness (QED) is 0.860. The molecule has 1 aromatic rings. The van der Waals surface area contributed by atoms with Crippen LogP contribution < -0.4 is 10.6 Å². The Hall–Kier alpha value is -1.98. The van der Waals surface area contributed by atoms with Crippen molar-refractivity contribution in [2.45, 2.75) is 25.3 Å². The number of nitrogens with one attached hydrogen (secondary N) is 2. The predicted molar refractivity (Wildman–Crippen MR) is 61.6 cm³/mol. The second-order valence-corrected chi connectivity index (χ2v) is 4.12. The molecule has 0 unspecified atom stereocenters. The highest BCUT2D eigenvalue weighted by Gasteiger charge is 2.24. The van der Waals surface area contributed by atoms with Crippen LogP contribution in [-0.2, 0) is 4.79 Å². The summed E-state index contributed by atoms with van der Waals surface area (Å²) >= 11 is 0. The number of rotatable bonds is 4. The summed E-state index contributed by atoms with van der Waals surface area (Å²) in [6.07, 6.45) is -1.14. The van der Waals surface area contributed by atoms with Crippen LogP contribution in [0.4, 0.5) is 14.5 Å². The molecule has 0 aromatic heterocycles. The molecule has 96 valence electrons. The summed E-state index contributed by atoms with van der Waals surface area (Å²) in [6, 6.07) is 6.14. The van der Waals surface area contributed by atoms with Crippen LogP contribution in [0.3, 0.4) is 0 Å². The van der Waals surface area contributed by atoms with Gasteiger partial charge in [0, 0.05) is 17.3 Å². The van der Waals surface area contributed by atoms with Gasteiger partial charge in [0.15, 0.2) is 0 Å². The molecular formula is C12H12F2N2O2. The van der Waals surface area contributed by atoms with Crippen LogP contribution in [0.25, 0.3) is 0 Å². The van der Waals surface area contributed by atoms with Crippen molar-refractivity contribution in [1.29, 1.82) is 0 Å². The van der Waals surface area contributed by atoms with E-state index in [1.807, 2.05) is 5.32 Å². The van der Waals surface area contributed by atoms with Crippen molar-refractivity contribution < 1.29 is 18.4 Å². The fourth-order valence-corrected chi connectivity index (χ4v) is 1.43. The minimum Gasteiger partial charge on any atom is -0.349 e. The first-order valence-corrected chi connectivity index (χ1v) is 5.56. The van der Waals surface area contributed by atoms with Gasteiger partial charge in [-0.05, 0) is 31.0 Å². The summed E-state index contributed by atoms with van der Waals surface area (Å²) in [5.41, 5.74) is 0.526. The average molecular weight is 254 g/mol. The van der Waals surface area contributed by atoms with Gasteiger partial charge >= 0.3 is 6.43 Å². The number of amides is 2. The van der Waals surface area contributed by atoms with Gasteiger partial charge < -0.3 is 10.6 Å². The monoisotopic (exact) mass is 254 g/mol. The van der Waals surface area contributed by atoms with Gasteiger partial charge in [0.1, 0.15) is 0 Å². The number of hydrogen-bond donors (Lipinski definition) is 2. The third kappa shape index (κ3) is 3.26. The number of benzene rings is 1. The van der Waals surface area contributed by atoms with Gasteiger partial charge in [-0.25, -0.2) is 0 Å². The molecule has 6 heteroatoms. The second-order valence-electron chi connectivity index (χ2n) is 4.12. The highest BCUT2D eigenvalue weighted by atomic mass is 19.3. The zero-order chi connectivity index (χ0) is 13.1. The summed E-state index contributed by atoms with van der Waals surface area (Å²) in [6.45, 7) is 0. The molecule has 0 heterocycles. The lowest BCUT2D eigenvalue weighted by Gasteiger charge is -2.07. The van der Waals surface area contributed by atoms with Crippen molar-refractivity contribution in [2.24, 2.45) is 0 Å². The molecule has 0 aliphatic heterocycles. The van der Waals surface area contributed by atoms with Crippen molar-refractivity contribution in [3.63, 3.8) is 0 Å². The zero-order valence-electron chi connectivity index (χ0n) is 9.45. The average Bonchev–Trinajstić information content (AvgIpc) is 3.13. The number of hydrogen-bond acceptors (Lipinski definition) is 2. The summed E-state index contributed by atoms with van der Waals surface area (Å²) in [7, 11) is 0. The van der Waals surface area contributed by atoms with Crippen molar-refractivity contribution in [3.05, 3.63) is 29.8 Å². The fraction of sp³-hybridized carbons (Fsp3) is 0.333. The van der Waals surface area contributed by atoms with Gasteiger partial charge in [-0.2, -0.15) is 8.78 Å². The van der Waals surface area contributed by atoms with Crippen LogP contribution in [0.2, 0.25) is 0 Å². The maximum Gasteiger partial charge on any atom is 0.315 e. The van der Waals surface area contributed by atoms with E-state index in [0.29, 0.717) is 5.56 Å². The molecule has 18 heavy (non-hydrogen) atoms. The lowest BCUT2D eigenvalue weighted by atomic mass is 10.2. The zero-order valence-corrected chi connectivity index (χ0v) is 9.45. The van der Waals surface area contributed by atoms with Gasteiger partial charge in [0.2, 0.25) is 0 Å². The van der Waals surface area contributed by atoms with Gasteiger partial charge in [-0.3, -0.25) is 9.59 Å². The predicted octanol–water partition coefficient (Wildman–Crippen LogP) is 1.78. The molecule has 0 atom stereocenters.